The highest BCUT2D eigenvalue weighted by Gasteiger charge is 2.50. The van der Waals surface area contributed by atoms with Crippen molar-refractivity contribution in [2.45, 2.75) is 37.5 Å². The first-order valence-corrected chi connectivity index (χ1v) is 8.37. The SMILES string of the molecule is c1ccc(CC[C@]23CCCN2[C@H](c2ccccc2)CO3)cc1. The highest BCUT2D eigenvalue weighted by Crippen LogP contribution is 2.46. The lowest BCUT2D eigenvalue weighted by Gasteiger charge is -2.33. The van der Waals surface area contributed by atoms with Gasteiger partial charge in [-0.05, 0) is 36.8 Å². The van der Waals surface area contributed by atoms with Crippen molar-refractivity contribution in [1.29, 1.82) is 0 Å². The van der Waals surface area contributed by atoms with E-state index in [-0.39, 0.29) is 5.72 Å². The number of rotatable bonds is 4. The Morgan fingerprint density at radius 3 is 2.50 bits per heavy atom. The van der Waals surface area contributed by atoms with Crippen molar-refractivity contribution in [3.8, 4) is 0 Å². The second kappa shape index (κ2) is 5.86. The Labute approximate surface area is 132 Å². The van der Waals surface area contributed by atoms with Crippen LogP contribution in [0, 0.1) is 0 Å². The third-order valence-corrected chi connectivity index (χ3v) is 5.21. The lowest BCUT2D eigenvalue weighted by atomic mass is 9.99. The second-order valence-corrected chi connectivity index (χ2v) is 6.47. The Morgan fingerprint density at radius 1 is 1.00 bits per heavy atom. The average Bonchev–Trinajstić information content (AvgIpc) is 3.14. The van der Waals surface area contributed by atoms with E-state index in [9.17, 15) is 0 Å². The molecule has 2 saturated heterocycles. The van der Waals surface area contributed by atoms with Gasteiger partial charge >= 0.3 is 0 Å². The number of nitrogens with zero attached hydrogens (tertiary/aromatic N) is 1. The quantitative estimate of drug-likeness (QED) is 0.838. The van der Waals surface area contributed by atoms with Crippen molar-refractivity contribution in [2.75, 3.05) is 13.2 Å². The van der Waals surface area contributed by atoms with Gasteiger partial charge in [0.05, 0.1) is 12.6 Å². The van der Waals surface area contributed by atoms with Crippen LogP contribution in [-0.4, -0.2) is 23.8 Å². The van der Waals surface area contributed by atoms with Crippen LogP contribution < -0.4 is 0 Å². The van der Waals surface area contributed by atoms with Crippen LogP contribution in [0.25, 0.3) is 0 Å². The van der Waals surface area contributed by atoms with Gasteiger partial charge in [-0.15, -0.1) is 0 Å². The van der Waals surface area contributed by atoms with E-state index in [4.69, 9.17) is 4.74 Å². The molecule has 2 heterocycles. The van der Waals surface area contributed by atoms with Crippen LogP contribution in [0.5, 0.6) is 0 Å². The third kappa shape index (κ3) is 2.47. The summed E-state index contributed by atoms with van der Waals surface area (Å²) in [5, 5.41) is 0. The maximum absolute atomic E-state index is 6.38. The van der Waals surface area contributed by atoms with Gasteiger partial charge in [0.25, 0.3) is 0 Å². The Kier molecular flexibility index (Phi) is 3.73. The predicted octanol–water partition coefficient (Wildman–Crippen LogP) is 4.18. The average molecular weight is 293 g/mol. The molecule has 0 N–H and O–H groups in total. The maximum atomic E-state index is 6.38. The van der Waals surface area contributed by atoms with Gasteiger partial charge in [0, 0.05) is 6.54 Å². The summed E-state index contributed by atoms with van der Waals surface area (Å²) >= 11 is 0. The van der Waals surface area contributed by atoms with Crippen LogP contribution >= 0.6 is 0 Å². The molecule has 0 aromatic heterocycles. The number of ether oxygens (including phenoxy) is 1. The van der Waals surface area contributed by atoms with Crippen molar-refractivity contribution >= 4 is 0 Å². The van der Waals surface area contributed by atoms with Gasteiger partial charge in [0.2, 0.25) is 0 Å². The molecule has 22 heavy (non-hydrogen) atoms. The molecule has 114 valence electrons. The van der Waals surface area contributed by atoms with E-state index >= 15 is 0 Å². The van der Waals surface area contributed by atoms with Gasteiger partial charge in [-0.1, -0.05) is 60.7 Å². The molecule has 0 spiro atoms. The minimum Gasteiger partial charge on any atom is -0.358 e. The van der Waals surface area contributed by atoms with Gasteiger partial charge in [0.15, 0.2) is 0 Å². The molecule has 0 unspecified atom stereocenters. The second-order valence-electron chi connectivity index (χ2n) is 6.47. The number of benzene rings is 2. The molecule has 2 fully saturated rings. The van der Waals surface area contributed by atoms with Crippen LogP contribution in [0.15, 0.2) is 60.7 Å². The van der Waals surface area contributed by atoms with Crippen molar-refractivity contribution in [1.82, 2.24) is 4.90 Å². The normalized spacial score (nSPS) is 27.9. The summed E-state index contributed by atoms with van der Waals surface area (Å²) in [7, 11) is 0. The van der Waals surface area contributed by atoms with Crippen molar-refractivity contribution in [2.24, 2.45) is 0 Å². The first-order chi connectivity index (χ1) is 10.9. The minimum absolute atomic E-state index is 0.0314. The molecule has 2 aliphatic rings. The summed E-state index contributed by atoms with van der Waals surface area (Å²) in [6.45, 7) is 1.99. The van der Waals surface area contributed by atoms with Gasteiger partial charge in [-0.3, -0.25) is 4.90 Å². The van der Waals surface area contributed by atoms with Crippen LogP contribution in [0.3, 0.4) is 0 Å². The molecule has 2 aromatic rings. The number of hydrogen-bond donors (Lipinski definition) is 0. The Balaban J connectivity index is 1.52. The summed E-state index contributed by atoms with van der Waals surface area (Å²) in [6, 6.07) is 22.0. The molecule has 2 nitrogen and oxygen atoms in total. The summed E-state index contributed by atoms with van der Waals surface area (Å²) in [5.41, 5.74) is 2.78. The standard InChI is InChI=1S/C20H23NO/c1-3-8-17(9-4-1)12-14-20-13-7-15-21(20)19(16-22-20)18-10-5-2-6-11-18/h1-6,8-11,19H,7,12-16H2/t19-,20+/m0/s1. The van der Waals surface area contributed by atoms with Gasteiger partial charge in [-0.2, -0.15) is 0 Å². The minimum atomic E-state index is -0.0314. The fourth-order valence-electron chi connectivity index (χ4n) is 4.07. The Morgan fingerprint density at radius 2 is 1.73 bits per heavy atom. The van der Waals surface area contributed by atoms with Crippen LogP contribution in [-0.2, 0) is 11.2 Å². The van der Waals surface area contributed by atoms with E-state index in [0.717, 1.165) is 26.0 Å². The molecule has 2 atom stereocenters. The summed E-state index contributed by atoms with van der Waals surface area (Å²) < 4.78 is 6.38. The van der Waals surface area contributed by atoms with Gasteiger partial charge in [0.1, 0.15) is 5.72 Å². The molecular weight excluding hydrogens is 270 g/mol. The zero-order valence-corrected chi connectivity index (χ0v) is 12.9. The monoisotopic (exact) mass is 293 g/mol. The molecule has 2 heteroatoms. The molecule has 0 saturated carbocycles. The van der Waals surface area contributed by atoms with Crippen LogP contribution in [0.1, 0.15) is 36.4 Å². The molecule has 2 aliphatic heterocycles. The topological polar surface area (TPSA) is 12.5 Å². The Bertz CT molecular complexity index is 612. The fraction of sp³-hybridized carbons (Fsp3) is 0.400. The number of fused-ring (bicyclic) bond motifs is 1. The summed E-state index contributed by atoms with van der Waals surface area (Å²) in [4.78, 5) is 2.62. The van der Waals surface area contributed by atoms with Crippen LogP contribution in [0.2, 0.25) is 0 Å². The predicted molar refractivity (Wildman–Crippen MR) is 88.6 cm³/mol. The molecule has 2 aromatic carbocycles. The largest absolute Gasteiger partial charge is 0.358 e. The molecular formula is C20H23NO. The van der Waals surface area contributed by atoms with E-state index in [1.807, 2.05) is 0 Å². The fourth-order valence-corrected chi connectivity index (χ4v) is 4.07. The van der Waals surface area contributed by atoms with Crippen LogP contribution in [0.4, 0.5) is 0 Å². The molecule has 0 radical (unpaired) electrons. The Hall–Kier alpha value is -1.64. The van der Waals surface area contributed by atoms with E-state index in [1.165, 1.54) is 24.0 Å². The lowest BCUT2D eigenvalue weighted by Crippen LogP contribution is -2.40. The zero-order valence-electron chi connectivity index (χ0n) is 12.9. The highest BCUT2D eigenvalue weighted by atomic mass is 16.5. The van der Waals surface area contributed by atoms with Crippen molar-refractivity contribution in [3.63, 3.8) is 0 Å². The zero-order chi connectivity index (χ0) is 14.8. The smallest absolute Gasteiger partial charge is 0.122 e. The molecule has 0 bridgehead atoms. The molecule has 4 rings (SSSR count). The van der Waals surface area contributed by atoms with Crippen molar-refractivity contribution in [3.05, 3.63) is 71.8 Å². The van der Waals surface area contributed by atoms with Gasteiger partial charge < -0.3 is 4.74 Å². The van der Waals surface area contributed by atoms with E-state index in [2.05, 4.69) is 65.6 Å². The van der Waals surface area contributed by atoms with E-state index < -0.39 is 0 Å². The lowest BCUT2D eigenvalue weighted by molar-refractivity contribution is -0.0668. The molecule has 0 amide bonds. The van der Waals surface area contributed by atoms with E-state index in [1.54, 1.807) is 0 Å². The first-order valence-electron chi connectivity index (χ1n) is 8.37. The van der Waals surface area contributed by atoms with Gasteiger partial charge in [-0.25, -0.2) is 0 Å². The number of hydrogen-bond acceptors (Lipinski definition) is 2. The first kappa shape index (κ1) is 14.0. The number of aryl methyl sites for hydroxylation is 1. The summed E-state index contributed by atoms with van der Waals surface area (Å²) in [5.74, 6) is 0. The highest BCUT2D eigenvalue weighted by molar-refractivity contribution is 5.22. The molecule has 0 aliphatic carbocycles. The maximum Gasteiger partial charge on any atom is 0.122 e. The summed E-state index contributed by atoms with van der Waals surface area (Å²) in [6.07, 6.45) is 4.61. The van der Waals surface area contributed by atoms with Crippen molar-refractivity contribution < 1.29 is 4.74 Å². The third-order valence-electron chi connectivity index (χ3n) is 5.21. The van der Waals surface area contributed by atoms with E-state index in [0.29, 0.717) is 6.04 Å².